The third-order valence-corrected chi connectivity index (χ3v) is 3.36. The number of carbonyl (C=O) groups excluding carboxylic acids is 1. The average Bonchev–Trinajstić information content (AvgIpc) is 2.62. The molecular weight excluding hydrogens is 242 g/mol. The Hall–Kier alpha value is -1.75. The van der Waals surface area contributed by atoms with Gasteiger partial charge in [0.1, 0.15) is 11.8 Å². The van der Waals surface area contributed by atoms with Crippen molar-refractivity contribution in [2.75, 3.05) is 38.7 Å². The van der Waals surface area contributed by atoms with Crippen molar-refractivity contribution in [3.05, 3.63) is 24.3 Å². The predicted molar refractivity (Wildman–Crippen MR) is 75.7 cm³/mol. The monoisotopic (exact) mass is 263 g/mol. The van der Waals surface area contributed by atoms with Crippen molar-refractivity contribution in [3.63, 3.8) is 0 Å². The van der Waals surface area contributed by atoms with Gasteiger partial charge in [-0.15, -0.1) is 0 Å². The summed E-state index contributed by atoms with van der Waals surface area (Å²) in [6.07, 6.45) is 0.956. The summed E-state index contributed by atoms with van der Waals surface area (Å²) in [5.74, 6) is 0.913. The summed E-state index contributed by atoms with van der Waals surface area (Å²) in [7, 11) is 3.52. The third-order valence-electron chi connectivity index (χ3n) is 3.36. The standard InChI is InChI=1S/C14H21N3O2/c1-15-10-13-14(18)16-8-3-9-17(13)11-4-6-12(19-2)7-5-11/h4-7,13,15H,3,8-10H2,1-2H3,(H,16,18). The number of amides is 1. The molecule has 1 aromatic carbocycles. The van der Waals surface area contributed by atoms with E-state index in [0.29, 0.717) is 6.54 Å². The van der Waals surface area contributed by atoms with Crippen LogP contribution < -0.4 is 20.3 Å². The molecule has 104 valence electrons. The van der Waals surface area contributed by atoms with Crippen LogP contribution in [0.5, 0.6) is 5.75 Å². The van der Waals surface area contributed by atoms with Crippen molar-refractivity contribution < 1.29 is 9.53 Å². The average molecular weight is 263 g/mol. The lowest BCUT2D eigenvalue weighted by atomic mass is 10.2. The summed E-state index contributed by atoms with van der Waals surface area (Å²) in [5, 5.41) is 6.05. The van der Waals surface area contributed by atoms with Crippen molar-refractivity contribution in [2.24, 2.45) is 0 Å². The second-order valence-corrected chi connectivity index (χ2v) is 4.61. The summed E-state index contributed by atoms with van der Waals surface area (Å²) in [4.78, 5) is 14.2. The summed E-state index contributed by atoms with van der Waals surface area (Å²) >= 11 is 0. The largest absolute Gasteiger partial charge is 0.497 e. The van der Waals surface area contributed by atoms with E-state index in [-0.39, 0.29) is 11.9 Å². The first-order valence-corrected chi connectivity index (χ1v) is 6.59. The van der Waals surface area contributed by atoms with Gasteiger partial charge >= 0.3 is 0 Å². The van der Waals surface area contributed by atoms with E-state index in [0.717, 1.165) is 30.9 Å². The molecule has 19 heavy (non-hydrogen) atoms. The quantitative estimate of drug-likeness (QED) is 0.836. The van der Waals surface area contributed by atoms with Gasteiger partial charge in [-0.3, -0.25) is 4.79 Å². The SMILES string of the molecule is CNCC1C(=O)NCCCN1c1ccc(OC)cc1. The Morgan fingerprint density at radius 3 is 2.79 bits per heavy atom. The molecule has 1 atom stereocenters. The molecule has 1 aromatic rings. The van der Waals surface area contributed by atoms with Crippen molar-refractivity contribution in [2.45, 2.75) is 12.5 Å². The zero-order chi connectivity index (χ0) is 13.7. The third kappa shape index (κ3) is 3.17. The van der Waals surface area contributed by atoms with Gasteiger partial charge in [0.15, 0.2) is 0 Å². The van der Waals surface area contributed by atoms with Gasteiger partial charge in [-0.1, -0.05) is 0 Å². The van der Waals surface area contributed by atoms with Gasteiger partial charge in [0, 0.05) is 25.3 Å². The van der Waals surface area contributed by atoms with Crippen LogP contribution in [0.2, 0.25) is 0 Å². The lowest BCUT2D eigenvalue weighted by Gasteiger charge is -2.30. The van der Waals surface area contributed by atoms with E-state index < -0.39 is 0 Å². The fourth-order valence-corrected chi connectivity index (χ4v) is 2.36. The second kappa shape index (κ2) is 6.43. The van der Waals surface area contributed by atoms with Crippen molar-refractivity contribution >= 4 is 11.6 Å². The summed E-state index contributed by atoms with van der Waals surface area (Å²) < 4.78 is 5.17. The fraction of sp³-hybridized carbons (Fsp3) is 0.500. The number of nitrogens with zero attached hydrogens (tertiary/aromatic N) is 1. The van der Waals surface area contributed by atoms with E-state index in [2.05, 4.69) is 15.5 Å². The number of hydrogen-bond acceptors (Lipinski definition) is 4. The van der Waals surface area contributed by atoms with Gasteiger partial charge in [0.2, 0.25) is 5.91 Å². The van der Waals surface area contributed by atoms with Crippen LogP contribution in [0.4, 0.5) is 5.69 Å². The number of anilines is 1. The van der Waals surface area contributed by atoms with Gasteiger partial charge in [-0.05, 0) is 37.7 Å². The van der Waals surface area contributed by atoms with E-state index in [9.17, 15) is 4.79 Å². The molecule has 2 rings (SSSR count). The van der Waals surface area contributed by atoms with E-state index in [1.807, 2.05) is 31.3 Å². The Bertz CT molecular complexity index is 419. The molecule has 2 N–H and O–H groups in total. The second-order valence-electron chi connectivity index (χ2n) is 4.61. The number of rotatable bonds is 4. The molecule has 0 saturated carbocycles. The minimum atomic E-state index is -0.166. The molecule has 1 aliphatic rings. The molecule has 5 nitrogen and oxygen atoms in total. The molecule has 0 spiro atoms. The van der Waals surface area contributed by atoms with Crippen LogP contribution in [-0.2, 0) is 4.79 Å². The number of benzene rings is 1. The van der Waals surface area contributed by atoms with Gasteiger partial charge in [-0.2, -0.15) is 0 Å². The zero-order valence-corrected chi connectivity index (χ0v) is 11.5. The van der Waals surface area contributed by atoms with Crippen LogP contribution in [0.3, 0.4) is 0 Å². The fourth-order valence-electron chi connectivity index (χ4n) is 2.36. The van der Waals surface area contributed by atoms with Crippen LogP contribution in [0, 0.1) is 0 Å². The van der Waals surface area contributed by atoms with Crippen molar-refractivity contribution in [3.8, 4) is 5.75 Å². The Morgan fingerprint density at radius 2 is 2.16 bits per heavy atom. The van der Waals surface area contributed by atoms with Crippen LogP contribution in [0.1, 0.15) is 6.42 Å². The highest BCUT2D eigenvalue weighted by Crippen LogP contribution is 2.22. The first-order chi connectivity index (χ1) is 9.26. The highest BCUT2D eigenvalue weighted by atomic mass is 16.5. The van der Waals surface area contributed by atoms with Crippen molar-refractivity contribution in [1.82, 2.24) is 10.6 Å². The van der Waals surface area contributed by atoms with Crippen LogP contribution in [0.25, 0.3) is 0 Å². The van der Waals surface area contributed by atoms with Crippen molar-refractivity contribution in [1.29, 1.82) is 0 Å². The molecule has 1 unspecified atom stereocenters. The number of methoxy groups -OCH3 is 1. The molecule has 0 aliphatic carbocycles. The van der Waals surface area contributed by atoms with Crippen LogP contribution in [0.15, 0.2) is 24.3 Å². The Balaban J connectivity index is 2.23. The maximum absolute atomic E-state index is 12.1. The number of ether oxygens (including phenoxy) is 1. The van der Waals surface area contributed by atoms with Gasteiger partial charge < -0.3 is 20.3 Å². The number of likely N-dealkylation sites (N-methyl/N-ethyl adjacent to an activating group) is 1. The summed E-state index contributed by atoms with van der Waals surface area (Å²) in [5.41, 5.74) is 1.05. The number of nitrogens with one attached hydrogen (secondary N) is 2. The first kappa shape index (κ1) is 13.7. The maximum Gasteiger partial charge on any atom is 0.244 e. The van der Waals surface area contributed by atoms with E-state index in [1.54, 1.807) is 7.11 Å². The predicted octanol–water partition coefficient (Wildman–Crippen LogP) is 0.610. The Morgan fingerprint density at radius 1 is 1.42 bits per heavy atom. The lowest BCUT2D eigenvalue weighted by Crippen LogP contribution is -2.49. The highest BCUT2D eigenvalue weighted by Gasteiger charge is 2.27. The van der Waals surface area contributed by atoms with E-state index in [4.69, 9.17) is 4.74 Å². The normalized spacial score (nSPS) is 19.8. The minimum absolute atomic E-state index is 0.0858. The maximum atomic E-state index is 12.1. The lowest BCUT2D eigenvalue weighted by molar-refractivity contribution is -0.121. The molecule has 1 amide bonds. The molecule has 1 heterocycles. The zero-order valence-electron chi connectivity index (χ0n) is 11.5. The van der Waals surface area contributed by atoms with Gasteiger partial charge in [0.25, 0.3) is 0 Å². The van der Waals surface area contributed by atoms with Gasteiger partial charge in [0.05, 0.1) is 7.11 Å². The summed E-state index contributed by atoms with van der Waals surface area (Å²) in [6, 6.07) is 7.68. The minimum Gasteiger partial charge on any atom is -0.497 e. The molecule has 0 radical (unpaired) electrons. The van der Waals surface area contributed by atoms with Gasteiger partial charge in [-0.25, -0.2) is 0 Å². The molecule has 0 bridgehead atoms. The van der Waals surface area contributed by atoms with E-state index in [1.165, 1.54) is 0 Å². The Labute approximate surface area is 113 Å². The first-order valence-electron chi connectivity index (χ1n) is 6.59. The number of carbonyl (C=O) groups is 1. The topological polar surface area (TPSA) is 53.6 Å². The smallest absolute Gasteiger partial charge is 0.244 e. The molecule has 1 aliphatic heterocycles. The molecule has 1 saturated heterocycles. The van der Waals surface area contributed by atoms with Crippen LogP contribution in [-0.4, -0.2) is 45.7 Å². The molecule has 5 heteroatoms. The van der Waals surface area contributed by atoms with E-state index >= 15 is 0 Å². The molecular formula is C14H21N3O2. The van der Waals surface area contributed by atoms with Crippen LogP contribution >= 0.6 is 0 Å². The number of hydrogen-bond donors (Lipinski definition) is 2. The summed E-state index contributed by atoms with van der Waals surface area (Å²) in [6.45, 7) is 2.25. The highest BCUT2D eigenvalue weighted by molar-refractivity contribution is 5.86. The molecule has 0 aromatic heterocycles. The molecule has 1 fully saturated rings. The Kier molecular flexibility index (Phi) is 4.63.